The summed E-state index contributed by atoms with van der Waals surface area (Å²) >= 11 is 7.10. The summed E-state index contributed by atoms with van der Waals surface area (Å²) in [5, 5.41) is 5.38. The number of nitrogens with zero attached hydrogens (tertiary/aromatic N) is 3. The quantitative estimate of drug-likeness (QED) is 0.826. The van der Waals surface area contributed by atoms with Gasteiger partial charge in [0.15, 0.2) is 0 Å². The summed E-state index contributed by atoms with van der Waals surface area (Å²) in [7, 11) is 0. The molecule has 18 heavy (non-hydrogen) atoms. The van der Waals surface area contributed by atoms with Crippen LogP contribution in [0.15, 0.2) is 17.8 Å². The number of carbonyl (C=O) groups excluding carboxylic acids is 1. The van der Waals surface area contributed by atoms with Gasteiger partial charge in [-0.2, -0.15) is 0 Å². The molecule has 0 bridgehead atoms. The maximum atomic E-state index is 11.8. The number of aromatic nitrogens is 3. The van der Waals surface area contributed by atoms with Gasteiger partial charge in [-0.3, -0.25) is 4.79 Å². The molecule has 2 heterocycles. The first-order valence-electron chi connectivity index (χ1n) is 5.12. The molecular formula is C10H10ClN5OS. The predicted molar refractivity (Wildman–Crippen MR) is 69.9 cm³/mol. The van der Waals surface area contributed by atoms with E-state index < -0.39 is 0 Å². The largest absolute Gasteiger partial charge is 0.330 e. The molecule has 0 unspecified atom stereocenters. The van der Waals surface area contributed by atoms with Gasteiger partial charge in [0.25, 0.3) is 5.91 Å². The zero-order chi connectivity index (χ0) is 13.0. The first kappa shape index (κ1) is 12.9. The molecule has 1 amide bonds. The molecule has 0 saturated carbocycles. The summed E-state index contributed by atoms with van der Waals surface area (Å²) in [6, 6.07) is 1.46. The highest BCUT2D eigenvalue weighted by atomic mass is 35.5. The fraction of sp³-hybridized carbons (Fsp3) is 0.200. The fourth-order valence-corrected chi connectivity index (χ4v) is 2.18. The van der Waals surface area contributed by atoms with Crippen molar-refractivity contribution < 1.29 is 4.79 Å². The smallest absolute Gasteiger partial charge is 0.276 e. The molecule has 2 aromatic rings. The molecule has 0 aliphatic heterocycles. The minimum Gasteiger partial charge on any atom is -0.330 e. The standard InChI is InChI=1S/C10H10ClN5OS/c11-7-3-8(14-5-13-7)16-10(17)6-4-18-9(15-6)1-2-12/h3-5H,1-2,12H2,(H,13,14,16,17). The Morgan fingerprint density at radius 1 is 1.50 bits per heavy atom. The van der Waals surface area contributed by atoms with Crippen LogP contribution in [-0.2, 0) is 6.42 Å². The SMILES string of the molecule is NCCc1nc(C(=O)Nc2cc(Cl)ncn2)cs1. The summed E-state index contributed by atoms with van der Waals surface area (Å²) in [5.74, 6) is 0.0117. The number of halogens is 1. The number of thiazole rings is 1. The Hall–Kier alpha value is -1.57. The summed E-state index contributed by atoms with van der Waals surface area (Å²) < 4.78 is 0. The Balaban J connectivity index is 2.07. The van der Waals surface area contributed by atoms with E-state index in [-0.39, 0.29) is 11.1 Å². The molecule has 6 nitrogen and oxygen atoms in total. The fourth-order valence-electron chi connectivity index (χ4n) is 1.24. The molecule has 2 aromatic heterocycles. The lowest BCUT2D eigenvalue weighted by Crippen LogP contribution is -2.13. The number of anilines is 1. The van der Waals surface area contributed by atoms with Gasteiger partial charge in [0.2, 0.25) is 0 Å². The van der Waals surface area contributed by atoms with E-state index in [1.165, 1.54) is 23.7 Å². The third-order valence-electron chi connectivity index (χ3n) is 2.02. The normalized spacial score (nSPS) is 10.3. The molecule has 94 valence electrons. The Morgan fingerprint density at radius 3 is 3.06 bits per heavy atom. The molecule has 0 saturated heterocycles. The summed E-state index contributed by atoms with van der Waals surface area (Å²) in [6.07, 6.45) is 1.94. The molecule has 3 N–H and O–H groups in total. The molecule has 0 aliphatic carbocycles. The van der Waals surface area contributed by atoms with Crippen LogP contribution in [0.1, 0.15) is 15.5 Å². The second-order valence-corrected chi connectivity index (χ2v) is 4.68. The lowest BCUT2D eigenvalue weighted by molar-refractivity contribution is 0.102. The topological polar surface area (TPSA) is 93.8 Å². The van der Waals surface area contributed by atoms with E-state index in [0.29, 0.717) is 24.5 Å². The van der Waals surface area contributed by atoms with Crippen molar-refractivity contribution in [3.8, 4) is 0 Å². The first-order chi connectivity index (χ1) is 8.69. The number of hydrogen-bond donors (Lipinski definition) is 2. The molecule has 8 heteroatoms. The van der Waals surface area contributed by atoms with Crippen molar-refractivity contribution in [1.29, 1.82) is 0 Å². The highest BCUT2D eigenvalue weighted by molar-refractivity contribution is 7.09. The van der Waals surface area contributed by atoms with E-state index in [4.69, 9.17) is 17.3 Å². The first-order valence-corrected chi connectivity index (χ1v) is 6.38. The number of rotatable bonds is 4. The van der Waals surface area contributed by atoms with Gasteiger partial charge in [-0.25, -0.2) is 15.0 Å². The minimum absolute atomic E-state index is 0.266. The monoisotopic (exact) mass is 283 g/mol. The lowest BCUT2D eigenvalue weighted by atomic mass is 10.4. The third kappa shape index (κ3) is 3.22. The third-order valence-corrected chi connectivity index (χ3v) is 3.13. The molecule has 2 rings (SSSR count). The van der Waals surface area contributed by atoms with Gasteiger partial charge < -0.3 is 11.1 Å². The van der Waals surface area contributed by atoms with Crippen molar-refractivity contribution >= 4 is 34.7 Å². The highest BCUT2D eigenvalue weighted by Gasteiger charge is 2.11. The van der Waals surface area contributed by atoms with Crippen LogP contribution < -0.4 is 11.1 Å². The molecular weight excluding hydrogens is 274 g/mol. The van der Waals surface area contributed by atoms with Gasteiger partial charge in [0, 0.05) is 17.9 Å². The molecule has 0 radical (unpaired) electrons. The van der Waals surface area contributed by atoms with E-state index in [2.05, 4.69) is 20.3 Å². The molecule has 0 atom stereocenters. The second kappa shape index (κ2) is 5.85. The molecule has 0 aromatic carbocycles. The van der Waals surface area contributed by atoms with Crippen LogP contribution in [0, 0.1) is 0 Å². The van der Waals surface area contributed by atoms with E-state index in [9.17, 15) is 4.79 Å². The van der Waals surface area contributed by atoms with Crippen LogP contribution in [0.2, 0.25) is 5.15 Å². The zero-order valence-corrected chi connectivity index (χ0v) is 10.8. The van der Waals surface area contributed by atoms with Gasteiger partial charge in [-0.1, -0.05) is 11.6 Å². The van der Waals surface area contributed by atoms with Crippen LogP contribution in [-0.4, -0.2) is 27.4 Å². The van der Waals surface area contributed by atoms with Crippen molar-refractivity contribution in [2.45, 2.75) is 6.42 Å². The van der Waals surface area contributed by atoms with Crippen molar-refractivity contribution in [2.24, 2.45) is 5.73 Å². The Kier molecular flexibility index (Phi) is 4.19. The predicted octanol–water partition coefficient (Wildman–Crippen LogP) is 1.34. The Bertz CT molecular complexity index is 559. The Labute approximate surface area is 112 Å². The van der Waals surface area contributed by atoms with Gasteiger partial charge >= 0.3 is 0 Å². The van der Waals surface area contributed by atoms with E-state index in [1.807, 2.05) is 0 Å². The number of hydrogen-bond acceptors (Lipinski definition) is 6. The van der Waals surface area contributed by atoms with E-state index >= 15 is 0 Å². The maximum absolute atomic E-state index is 11.8. The van der Waals surface area contributed by atoms with Gasteiger partial charge in [0.05, 0.1) is 5.01 Å². The van der Waals surface area contributed by atoms with Crippen molar-refractivity contribution in [3.05, 3.63) is 33.6 Å². The number of nitrogens with one attached hydrogen (secondary N) is 1. The summed E-state index contributed by atoms with van der Waals surface area (Å²) in [4.78, 5) is 23.6. The van der Waals surface area contributed by atoms with Gasteiger partial charge in [-0.15, -0.1) is 11.3 Å². The lowest BCUT2D eigenvalue weighted by Gasteiger charge is -2.01. The number of amides is 1. The summed E-state index contributed by atoms with van der Waals surface area (Å²) in [6.45, 7) is 0.510. The van der Waals surface area contributed by atoms with Crippen LogP contribution in [0.5, 0.6) is 0 Å². The highest BCUT2D eigenvalue weighted by Crippen LogP contribution is 2.13. The zero-order valence-electron chi connectivity index (χ0n) is 9.26. The van der Waals surface area contributed by atoms with Crippen LogP contribution in [0.25, 0.3) is 0 Å². The number of carbonyl (C=O) groups is 1. The molecule has 0 aliphatic rings. The van der Waals surface area contributed by atoms with Gasteiger partial charge in [0.1, 0.15) is 23.0 Å². The Morgan fingerprint density at radius 2 is 2.33 bits per heavy atom. The van der Waals surface area contributed by atoms with Gasteiger partial charge in [-0.05, 0) is 6.54 Å². The van der Waals surface area contributed by atoms with Crippen LogP contribution >= 0.6 is 22.9 Å². The number of nitrogens with two attached hydrogens (primary N) is 1. The van der Waals surface area contributed by atoms with Crippen molar-refractivity contribution in [1.82, 2.24) is 15.0 Å². The van der Waals surface area contributed by atoms with E-state index in [1.54, 1.807) is 5.38 Å². The molecule has 0 fully saturated rings. The molecule has 0 spiro atoms. The van der Waals surface area contributed by atoms with Crippen LogP contribution in [0.3, 0.4) is 0 Å². The second-order valence-electron chi connectivity index (χ2n) is 3.35. The average molecular weight is 284 g/mol. The minimum atomic E-state index is -0.329. The van der Waals surface area contributed by atoms with Crippen molar-refractivity contribution in [3.63, 3.8) is 0 Å². The summed E-state index contributed by atoms with van der Waals surface area (Å²) in [5.41, 5.74) is 5.77. The maximum Gasteiger partial charge on any atom is 0.276 e. The van der Waals surface area contributed by atoms with E-state index in [0.717, 1.165) is 5.01 Å². The van der Waals surface area contributed by atoms with Crippen LogP contribution in [0.4, 0.5) is 5.82 Å². The average Bonchev–Trinajstić information content (AvgIpc) is 2.78. The van der Waals surface area contributed by atoms with Crippen molar-refractivity contribution in [2.75, 3.05) is 11.9 Å².